The number of nitrogens with one attached hydrogen (secondary N) is 1. The Morgan fingerprint density at radius 3 is 2.28 bits per heavy atom. The third-order valence-electron chi connectivity index (χ3n) is 4.10. The number of imide groups is 1. The van der Waals surface area contributed by atoms with E-state index in [2.05, 4.69) is 10.3 Å². The minimum Gasteiger partial charge on any atom is -0.324 e. The first-order valence-electron chi connectivity index (χ1n) is 7.74. The van der Waals surface area contributed by atoms with E-state index in [1.807, 2.05) is 24.3 Å². The van der Waals surface area contributed by atoms with Gasteiger partial charge < -0.3 is 5.32 Å². The fraction of sp³-hybridized carbons (Fsp3) is 0.0526. The van der Waals surface area contributed by atoms with Gasteiger partial charge in [0.05, 0.1) is 22.3 Å². The fourth-order valence-corrected chi connectivity index (χ4v) is 2.92. The molecule has 0 saturated carbocycles. The van der Waals surface area contributed by atoms with Crippen molar-refractivity contribution in [2.75, 3.05) is 11.9 Å². The molecule has 0 unspecified atom stereocenters. The first-order chi connectivity index (χ1) is 12.1. The number of nitrogens with zero attached hydrogens (tertiary/aromatic N) is 2. The third kappa shape index (κ3) is 2.53. The van der Waals surface area contributed by atoms with Crippen molar-refractivity contribution >= 4 is 34.3 Å². The van der Waals surface area contributed by atoms with Crippen LogP contribution in [0.3, 0.4) is 0 Å². The topological polar surface area (TPSA) is 79.4 Å². The second-order valence-corrected chi connectivity index (χ2v) is 5.67. The molecule has 1 aliphatic rings. The average molecular weight is 331 g/mol. The lowest BCUT2D eigenvalue weighted by atomic mass is 10.1. The van der Waals surface area contributed by atoms with Gasteiger partial charge in [-0.2, -0.15) is 0 Å². The zero-order valence-corrected chi connectivity index (χ0v) is 13.1. The molecule has 4 rings (SSSR count). The van der Waals surface area contributed by atoms with E-state index >= 15 is 0 Å². The molecule has 25 heavy (non-hydrogen) atoms. The lowest BCUT2D eigenvalue weighted by molar-refractivity contribution is -0.116. The van der Waals surface area contributed by atoms with Crippen LogP contribution < -0.4 is 5.32 Å². The highest BCUT2D eigenvalue weighted by Crippen LogP contribution is 2.23. The maximum absolute atomic E-state index is 12.4. The van der Waals surface area contributed by atoms with Gasteiger partial charge in [0.1, 0.15) is 6.54 Å². The molecule has 0 radical (unpaired) electrons. The number of aromatic nitrogens is 1. The molecule has 0 atom stereocenters. The van der Waals surface area contributed by atoms with Crippen LogP contribution in [0.5, 0.6) is 0 Å². The van der Waals surface area contributed by atoms with Crippen molar-refractivity contribution in [3.63, 3.8) is 0 Å². The Morgan fingerprint density at radius 1 is 0.920 bits per heavy atom. The van der Waals surface area contributed by atoms with Gasteiger partial charge in [0.2, 0.25) is 5.91 Å². The summed E-state index contributed by atoms with van der Waals surface area (Å²) in [6.07, 6.45) is 1.60. The van der Waals surface area contributed by atoms with E-state index in [1.54, 1.807) is 36.5 Å². The van der Waals surface area contributed by atoms with E-state index < -0.39 is 17.7 Å². The predicted octanol–water partition coefficient (Wildman–Crippen LogP) is 2.47. The molecule has 0 aliphatic carbocycles. The molecule has 1 N–H and O–H groups in total. The van der Waals surface area contributed by atoms with Crippen molar-refractivity contribution in [3.05, 3.63) is 71.9 Å². The largest absolute Gasteiger partial charge is 0.324 e. The number of benzene rings is 2. The van der Waals surface area contributed by atoms with E-state index in [9.17, 15) is 14.4 Å². The number of hydrogen-bond acceptors (Lipinski definition) is 4. The summed E-state index contributed by atoms with van der Waals surface area (Å²) >= 11 is 0. The number of pyridine rings is 1. The van der Waals surface area contributed by atoms with Gasteiger partial charge in [-0.1, -0.05) is 30.3 Å². The van der Waals surface area contributed by atoms with E-state index in [0.717, 1.165) is 15.8 Å². The van der Waals surface area contributed by atoms with Gasteiger partial charge in [0.25, 0.3) is 11.8 Å². The SMILES string of the molecule is O=C(CN1C(=O)c2ccccc2C1=O)Nc1ccnc2ccccc12. The molecule has 2 heterocycles. The van der Waals surface area contributed by atoms with E-state index in [4.69, 9.17) is 0 Å². The number of hydrogen-bond donors (Lipinski definition) is 1. The number of carbonyl (C=O) groups excluding carboxylic acids is 3. The Labute approximate surface area is 143 Å². The molecule has 0 saturated heterocycles. The maximum Gasteiger partial charge on any atom is 0.262 e. The summed E-state index contributed by atoms with van der Waals surface area (Å²) < 4.78 is 0. The molecule has 0 bridgehead atoms. The molecule has 1 aliphatic heterocycles. The van der Waals surface area contributed by atoms with Gasteiger partial charge in [-0.05, 0) is 24.3 Å². The Morgan fingerprint density at radius 2 is 1.56 bits per heavy atom. The molecular formula is C19H13N3O3. The van der Waals surface area contributed by atoms with Crippen LogP contribution in [0.25, 0.3) is 10.9 Å². The maximum atomic E-state index is 12.4. The van der Waals surface area contributed by atoms with Gasteiger partial charge in [-0.3, -0.25) is 24.3 Å². The Balaban J connectivity index is 1.55. The monoisotopic (exact) mass is 331 g/mol. The minimum absolute atomic E-state index is 0.328. The van der Waals surface area contributed by atoms with Gasteiger partial charge in [-0.15, -0.1) is 0 Å². The zero-order chi connectivity index (χ0) is 17.4. The van der Waals surface area contributed by atoms with E-state index in [1.165, 1.54) is 0 Å². The van der Waals surface area contributed by atoms with Crippen molar-refractivity contribution < 1.29 is 14.4 Å². The Bertz CT molecular complexity index is 989. The molecule has 2 aromatic carbocycles. The van der Waals surface area contributed by atoms with Crippen LogP contribution in [0.1, 0.15) is 20.7 Å². The summed E-state index contributed by atoms with van der Waals surface area (Å²) in [5.74, 6) is -1.34. The molecule has 6 heteroatoms. The van der Waals surface area contributed by atoms with Crippen LogP contribution >= 0.6 is 0 Å². The molecule has 1 aromatic heterocycles. The van der Waals surface area contributed by atoms with Crippen LogP contribution in [0, 0.1) is 0 Å². The first kappa shape index (κ1) is 15.0. The quantitative estimate of drug-likeness (QED) is 0.748. The molecule has 0 spiro atoms. The summed E-state index contributed by atoms with van der Waals surface area (Å²) in [4.78, 5) is 42.2. The van der Waals surface area contributed by atoms with Gasteiger partial charge >= 0.3 is 0 Å². The predicted molar refractivity (Wildman–Crippen MR) is 92.2 cm³/mol. The molecule has 122 valence electrons. The Hall–Kier alpha value is -3.54. The van der Waals surface area contributed by atoms with E-state index in [0.29, 0.717) is 16.8 Å². The molecule has 0 fully saturated rings. The minimum atomic E-state index is -0.449. The summed E-state index contributed by atoms with van der Waals surface area (Å²) in [5, 5.41) is 3.55. The van der Waals surface area contributed by atoms with Crippen molar-refractivity contribution in [1.29, 1.82) is 0 Å². The summed E-state index contributed by atoms with van der Waals surface area (Å²) in [5.41, 5.74) is 2.00. The Kier molecular flexibility index (Phi) is 3.50. The van der Waals surface area contributed by atoms with Crippen molar-refractivity contribution in [2.24, 2.45) is 0 Å². The van der Waals surface area contributed by atoms with Crippen molar-refractivity contribution in [2.45, 2.75) is 0 Å². The van der Waals surface area contributed by atoms with Crippen molar-refractivity contribution in [3.8, 4) is 0 Å². The third-order valence-corrected chi connectivity index (χ3v) is 4.10. The summed E-state index contributed by atoms with van der Waals surface area (Å²) in [6.45, 7) is -0.330. The zero-order valence-electron chi connectivity index (χ0n) is 13.1. The smallest absolute Gasteiger partial charge is 0.262 e. The highest BCUT2D eigenvalue weighted by Gasteiger charge is 2.36. The van der Waals surface area contributed by atoms with Gasteiger partial charge in [0.15, 0.2) is 0 Å². The van der Waals surface area contributed by atoms with Crippen LogP contribution in [0.4, 0.5) is 5.69 Å². The lowest BCUT2D eigenvalue weighted by Gasteiger charge is -2.14. The summed E-state index contributed by atoms with van der Waals surface area (Å²) in [6, 6.07) is 15.6. The van der Waals surface area contributed by atoms with Crippen LogP contribution in [-0.2, 0) is 4.79 Å². The van der Waals surface area contributed by atoms with Gasteiger partial charge in [0, 0.05) is 11.6 Å². The van der Waals surface area contributed by atoms with Gasteiger partial charge in [-0.25, -0.2) is 0 Å². The summed E-state index contributed by atoms with van der Waals surface area (Å²) in [7, 11) is 0. The number of anilines is 1. The number of para-hydroxylation sites is 1. The highest BCUT2D eigenvalue weighted by molar-refractivity contribution is 6.22. The van der Waals surface area contributed by atoms with Crippen LogP contribution in [0.15, 0.2) is 60.8 Å². The normalized spacial score (nSPS) is 13.2. The molecule has 3 amide bonds. The second-order valence-electron chi connectivity index (χ2n) is 5.67. The number of amides is 3. The number of carbonyl (C=O) groups is 3. The molecule has 6 nitrogen and oxygen atoms in total. The van der Waals surface area contributed by atoms with E-state index in [-0.39, 0.29) is 6.54 Å². The fourth-order valence-electron chi connectivity index (χ4n) is 2.92. The number of rotatable bonds is 3. The van der Waals surface area contributed by atoms with Crippen LogP contribution in [0.2, 0.25) is 0 Å². The second kappa shape index (κ2) is 5.83. The van der Waals surface area contributed by atoms with Crippen LogP contribution in [-0.4, -0.2) is 34.2 Å². The number of fused-ring (bicyclic) bond motifs is 2. The van der Waals surface area contributed by atoms with Crippen molar-refractivity contribution in [1.82, 2.24) is 9.88 Å². The molecule has 3 aromatic rings. The lowest BCUT2D eigenvalue weighted by Crippen LogP contribution is -2.37. The molecular weight excluding hydrogens is 318 g/mol. The standard InChI is InChI=1S/C19H13N3O3/c23-17(21-16-9-10-20-15-8-4-3-7-14(15)16)11-22-18(24)12-5-1-2-6-13(12)19(22)25/h1-10H,11H2,(H,20,21,23). The highest BCUT2D eigenvalue weighted by atomic mass is 16.2. The first-order valence-corrected chi connectivity index (χ1v) is 7.74. The average Bonchev–Trinajstić information content (AvgIpc) is 2.87.